The summed E-state index contributed by atoms with van der Waals surface area (Å²) in [7, 11) is 0. The Labute approximate surface area is 214 Å². The van der Waals surface area contributed by atoms with Crippen LogP contribution < -0.4 is 26.4 Å². The number of nitrogens with one attached hydrogen (secondary N) is 3. The first-order valence-corrected chi connectivity index (χ1v) is 12.6. The number of ether oxygens (including phenoxy) is 1. The summed E-state index contributed by atoms with van der Waals surface area (Å²) < 4.78 is 5.37. The molecule has 0 fully saturated rings. The highest BCUT2D eigenvalue weighted by Gasteiger charge is 2.21. The van der Waals surface area contributed by atoms with Gasteiger partial charge in [0.05, 0.1) is 6.04 Å². The van der Waals surface area contributed by atoms with Gasteiger partial charge in [0, 0.05) is 13.1 Å². The standard InChI is InChI=1S/C28H40N4O4/c1-5-6-14-31-28(35)36-23-16-19(2)24(20(3)17-23)18-25(29)27(34)32-21(4)26(33)30-15-10-13-22-11-8-7-9-12-22/h7-9,11-12,16-17,21,25H,5-6,10,13-15,18,29H2,1-4H3,(H,30,33)(H,31,35)(H,32,34)/t21-,25-/m1/s1. The highest BCUT2D eigenvalue weighted by Crippen LogP contribution is 2.23. The lowest BCUT2D eigenvalue weighted by Crippen LogP contribution is -2.51. The van der Waals surface area contributed by atoms with Crippen molar-refractivity contribution in [1.82, 2.24) is 16.0 Å². The van der Waals surface area contributed by atoms with Crippen LogP contribution in [0.5, 0.6) is 5.75 Å². The van der Waals surface area contributed by atoms with Crippen LogP contribution in [0.15, 0.2) is 42.5 Å². The van der Waals surface area contributed by atoms with Gasteiger partial charge in [-0.25, -0.2) is 4.79 Å². The highest BCUT2D eigenvalue weighted by molar-refractivity contribution is 5.89. The van der Waals surface area contributed by atoms with Gasteiger partial charge in [-0.05, 0) is 80.8 Å². The molecular formula is C28H40N4O4. The van der Waals surface area contributed by atoms with Crippen LogP contribution in [0.2, 0.25) is 0 Å². The number of hydrogen-bond donors (Lipinski definition) is 4. The number of hydrogen-bond acceptors (Lipinski definition) is 5. The Morgan fingerprint density at radius 2 is 1.58 bits per heavy atom. The molecule has 0 unspecified atom stereocenters. The molecule has 196 valence electrons. The minimum Gasteiger partial charge on any atom is -0.410 e. The van der Waals surface area contributed by atoms with Gasteiger partial charge in [0.2, 0.25) is 11.8 Å². The van der Waals surface area contributed by atoms with Gasteiger partial charge in [-0.3, -0.25) is 9.59 Å². The first-order chi connectivity index (χ1) is 17.2. The molecule has 0 spiro atoms. The quantitative estimate of drug-likeness (QED) is 0.317. The first kappa shape index (κ1) is 28.8. The zero-order chi connectivity index (χ0) is 26.5. The molecular weight excluding hydrogens is 456 g/mol. The smallest absolute Gasteiger partial charge is 0.410 e. The number of carbonyl (C=O) groups excluding carboxylic acids is 3. The minimum atomic E-state index is -0.820. The van der Waals surface area contributed by atoms with Crippen molar-refractivity contribution in [2.24, 2.45) is 5.73 Å². The van der Waals surface area contributed by atoms with Gasteiger partial charge in [-0.1, -0.05) is 43.7 Å². The SMILES string of the molecule is CCCCNC(=O)Oc1cc(C)c(C[C@@H](N)C(=O)N[C@H](C)C(=O)NCCCc2ccccc2)c(C)c1. The summed E-state index contributed by atoms with van der Waals surface area (Å²) in [5.74, 6) is -0.190. The fourth-order valence-corrected chi connectivity index (χ4v) is 3.85. The third-order valence-electron chi connectivity index (χ3n) is 5.98. The van der Waals surface area contributed by atoms with E-state index in [2.05, 4.69) is 28.1 Å². The Morgan fingerprint density at radius 1 is 0.944 bits per heavy atom. The summed E-state index contributed by atoms with van der Waals surface area (Å²) in [6.45, 7) is 8.57. The molecule has 36 heavy (non-hydrogen) atoms. The van der Waals surface area contributed by atoms with Crippen LogP contribution in [0.3, 0.4) is 0 Å². The van der Waals surface area contributed by atoms with E-state index in [-0.39, 0.29) is 5.91 Å². The summed E-state index contributed by atoms with van der Waals surface area (Å²) in [6.07, 6.45) is 3.38. The monoisotopic (exact) mass is 496 g/mol. The molecule has 0 aromatic heterocycles. The lowest BCUT2D eigenvalue weighted by molar-refractivity contribution is -0.129. The van der Waals surface area contributed by atoms with Gasteiger partial charge >= 0.3 is 6.09 Å². The van der Waals surface area contributed by atoms with Crippen molar-refractivity contribution < 1.29 is 19.1 Å². The van der Waals surface area contributed by atoms with Crippen molar-refractivity contribution in [3.8, 4) is 5.75 Å². The predicted octanol–water partition coefficient (Wildman–Crippen LogP) is 3.32. The molecule has 5 N–H and O–H groups in total. The number of aryl methyl sites for hydroxylation is 3. The zero-order valence-corrected chi connectivity index (χ0v) is 21.9. The Kier molecular flexibility index (Phi) is 11.9. The van der Waals surface area contributed by atoms with E-state index < -0.39 is 24.1 Å². The molecule has 2 rings (SSSR count). The maximum atomic E-state index is 12.6. The number of carbonyl (C=O) groups is 3. The minimum absolute atomic E-state index is 0.241. The topological polar surface area (TPSA) is 123 Å². The van der Waals surface area contributed by atoms with E-state index in [1.54, 1.807) is 19.1 Å². The van der Waals surface area contributed by atoms with Crippen LogP contribution in [0.25, 0.3) is 0 Å². The number of rotatable bonds is 13. The van der Waals surface area contributed by atoms with Crippen LogP contribution in [-0.2, 0) is 22.4 Å². The molecule has 0 heterocycles. The summed E-state index contributed by atoms with van der Waals surface area (Å²) >= 11 is 0. The fraction of sp³-hybridized carbons (Fsp3) is 0.464. The van der Waals surface area contributed by atoms with E-state index in [0.29, 0.717) is 25.3 Å². The molecule has 0 saturated heterocycles. The Morgan fingerprint density at radius 3 is 2.22 bits per heavy atom. The van der Waals surface area contributed by atoms with Gasteiger partial charge in [0.25, 0.3) is 0 Å². The molecule has 8 heteroatoms. The second kappa shape index (κ2) is 14.9. The highest BCUT2D eigenvalue weighted by atomic mass is 16.6. The van der Waals surface area contributed by atoms with Gasteiger partial charge in [-0.2, -0.15) is 0 Å². The molecule has 2 aromatic carbocycles. The molecule has 0 saturated carbocycles. The summed E-state index contributed by atoms with van der Waals surface area (Å²) in [5, 5.41) is 8.28. The molecule has 0 aliphatic carbocycles. The van der Waals surface area contributed by atoms with E-state index in [9.17, 15) is 14.4 Å². The first-order valence-electron chi connectivity index (χ1n) is 12.6. The molecule has 3 amide bonds. The average Bonchev–Trinajstić information content (AvgIpc) is 2.84. The van der Waals surface area contributed by atoms with E-state index >= 15 is 0 Å². The van der Waals surface area contributed by atoms with Gasteiger partial charge in [-0.15, -0.1) is 0 Å². The summed E-state index contributed by atoms with van der Waals surface area (Å²) in [4.78, 5) is 36.9. The fourth-order valence-electron chi connectivity index (χ4n) is 3.85. The zero-order valence-electron chi connectivity index (χ0n) is 21.9. The third-order valence-corrected chi connectivity index (χ3v) is 5.98. The van der Waals surface area contributed by atoms with E-state index in [0.717, 1.165) is 42.4 Å². The maximum Gasteiger partial charge on any atom is 0.412 e. The van der Waals surface area contributed by atoms with Crippen LogP contribution in [-0.4, -0.2) is 43.1 Å². The van der Waals surface area contributed by atoms with Crippen LogP contribution in [0.1, 0.15) is 55.4 Å². The normalized spacial score (nSPS) is 12.4. The summed E-state index contributed by atoms with van der Waals surface area (Å²) in [5.41, 5.74) is 10.1. The van der Waals surface area contributed by atoms with E-state index in [1.807, 2.05) is 39.0 Å². The van der Waals surface area contributed by atoms with Gasteiger partial charge < -0.3 is 26.4 Å². The Hall–Kier alpha value is -3.39. The number of nitrogens with two attached hydrogens (primary N) is 1. The van der Waals surface area contributed by atoms with Crippen LogP contribution in [0, 0.1) is 13.8 Å². The van der Waals surface area contributed by atoms with Crippen molar-refractivity contribution in [2.45, 2.75) is 71.9 Å². The Balaban J connectivity index is 1.81. The lowest BCUT2D eigenvalue weighted by Gasteiger charge is -2.19. The molecule has 0 aliphatic rings. The van der Waals surface area contributed by atoms with Crippen molar-refractivity contribution in [3.05, 3.63) is 64.7 Å². The van der Waals surface area contributed by atoms with Gasteiger partial charge in [0.1, 0.15) is 11.8 Å². The summed E-state index contributed by atoms with van der Waals surface area (Å²) in [6, 6.07) is 12.1. The average molecular weight is 497 g/mol. The molecule has 0 radical (unpaired) electrons. The predicted molar refractivity (Wildman–Crippen MR) is 142 cm³/mol. The second-order valence-corrected chi connectivity index (χ2v) is 9.13. The maximum absolute atomic E-state index is 12.6. The van der Waals surface area contributed by atoms with E-state index in [1.165, 1.54) is 5.56 Å². The second-order valence-electron chi connectivity index (χ2n) is 9.13. The Bertz CT molecular complexity index is 987. The molecule has 0 bridgehead atoms. The van der Waals surface area contributed by atoms with Crippen molar-refractivity contribution in [1.29, 1.82) is 0 Å². The van der Waals surface area contributed by atoms with Crippen molar-refractivity contribution in [3.63, 3.8) is 0 Å². The lowest BCUT2D eigenvalue weighted by atomic mass is 9.96. The largest absolute Gasteiger partial charge is 0.412 e. The van der Waals surface area contributed by atoms with Crippen LogP contribution >= 0.6 is 0 Å². The van der Waals surface area contributed by atoms with Crippen molar-refractivity contribution in [2.75, 3.05) is 13.1 Å². The van der Waals surface area contributed by atoms with Crippen LogP contribution in [0.4, 0.5) is 4.79 Å². The molecule has 8 nitrogen and oxygen atoms in total. The molecule has 2 aromatic rings. The van der Waals surface area contributed by atoms with Gasteiger partial charge in [0.15, 0.2) is 0 Å². The molecule has 2 atom stereocenters. The number of unbranched alkanes of at least 4 members (excludes halogenated alkanes) is 1. The third kappa shape index (κ3) is 9.70. The number of amides is 3. The van der Waals surface area contributed by atoms with E-state index in [4.69, 9.17) is 10.5 Å². The molecule has 0 aliphatic heterocycles. The van der Waals surface area contributed by atoms with Crippen molar-refractivity contribution >= 4 is 17.9 Å². The number of benzene rings is 2.